The molecule has 248 valence electrons. The minimum absolute atomic E-state index is 0.878. The van der Waals surface area contributed by atoms with Gasteiger partial charge in [-0.15, -0.1) is 11.3 Å². The summed E-state index contributed by atoms with van der Waals surface area (Å²) in [5.41, 5.74) is 9.91. The van der Waals surface area contributed by atoms with Crippen LogP contribution in [-0.4, -0.2) is 0 Å². The van der Waals surface area contributed by atoms with Crippen molar-refractivity contribution < 1.29 is 4.42 Å². The zero-order valence-electron chi connectivity index (χ0n) is 28.7. The van der Waals surface area contributed by atoms with Gasteiger partial charge in [-0.3, -0.25) is 0 Å². The molecule has 9 aromatic carbocycles. The third-order valence-electron chi connectivity index (χ3n) is 10.6. The Kier molecular flexibility index (Phi) is 6.76. The number of hydrogen-bond acceptors (Lipinski definition) is 3. The number of para-hydroxylation sites is 1. The molecule has 53 heavy (non-hydrogen) atoms. The minimum Gasteiger partial charge on any atom is -0.456 e. The third kappa shape index (κ3) is 4.86. The summed E-state index contributed by atoms with van der Waals surface area (Å²) in [6.45, 7) is 0. The molecular weight excluding hydrogens is 663 g/mol. The summed E-state index contributed by atoms with van der Waals surface area (Å²) < 4.78 is 8.96. The average Bonchev–Trinajstić information content (AvgIpc) is 3.80. The van der Waals surface area contributed by atoms with E-state index >= 15 is 0 Å². The fraction of sp³-hybridized carbons (Fsp3) is 0. The summed E-state index contributed by atoms with van der Waals surface area (Å²) >= 11 is 1.86. The molecule has 0 bridgehead atoms. The minimum atomic E-state index is 0.878. The van der Waals surface area contributed by atoms with Crippen LogP contribution in [0.5, 0.6) is 0 Å². The highest BCUT2D eigenvalue weighted by molar-refractivity contribution is 7.26. The van der Waals surface area contributed by atoms with Gasteiger partial charge < -0.3 is 9.32 Å². The molecule has 0 unspecified atom stereocenters. The summed E-state index contributed by atoms with van der Waals surface area (Å²) in [6.07, 6.45) is 0. The number of fused-ring (bicyclic) bond motifs is 9. The maximum absolute atomic E-state index is 6.40. The van der Waals surface area contributed by atoms with Gasteiger partial charge in [-0.1, -0.05) is 127 Å². The summed E-state index contributed by atoms with van der Waals surface area (Å²) in [4.78, 5) is 2.39. The first-order valence-corrected chi connectivity index (χ1v) is 18.8. The van der Waals surface area contributed by atoms with E-state index in [1.54, 1.807) is 0 Å². The van der Waals surface area contributed by atoms with Crippen molar-refractivity contribution in [2.45, 2.75) is 0 Å². The highest BCUT2D eigenvalue weighted by atomic mass is 32.1. The molecule has 0 fully saturated rings. The van der Waals surface area contributed by atoms with Gasteiger partial charge in [0, 0.05) is 36.9 Å². The van der Waals surface area contributed by atoms with E-state index < -0.39 is 0 Å². The highest BCUT2D eigenvalue weighted by Crippen LogP contribution is 2.47. The molecule has 0 aliphatic heterocycles. The zero-order valence-corrected chi connectivity index (χ0v) is 29.5. The lowest BCUT2D eigenvalue weighted by molar-refractivity contribution is 0.669. The second kappa shape index (κ2) is 11.9. The molecule has 2 aromatic heterocycles. The van der Waals surface area contributed by atoms with Gasteiger partial charge in [0.25, 0.3) is 0 Å². The maximum atomic E-state index is 6.40. The van der Waals surface area contributed by atoms with Crippen molar-refractivity contribution in [2.75, 3.05) is 4.90 Å². The second-order valence-corrected chi connectivity index (χ2v) is 14.8. The first-order valence-electron chi connectivity index (χ1n) is 18.0. The topological polar surface area (TPSA) is 16.4 Å². The molecule has 0 aliphatic carbocycles. The fourth-order valence-corrected chi connectivity index (χ4v) is 9.29. The van der Waals surface area contributed by atoms with Gasteiger partial charge in [0.05, 0.1) is 11.1 Å². The predicted molar refractivity (Wildman–Crippen MR) is 227 cm³/mol. The molecular formula is C50H31NOS. The molecule has 0 N–H and O–H groups in total. The lowest BCUT2D eigenvalue weighted by Crippen LogP contribution is -2.10. The number of rotatable bonds is 5. The third-order valence-corrected chi connectivity index (χ3v) is 11.8. The normalized spacial score (nSPS) is 11.8. The number of anilines is 3. The molecule has 0 saturated heterocycles. The van der Waals surface area contributed by atoms with Crippen molar-refractivity contribution in [2.24, 2.45) is 0 Å². The van der Waals surface area contributed by atoms with Crippen LogP contribution in [0.3, 0.4) is 0 Å². The predicted octanol–water partition coefficient (Wildman–Crippen LogP) is 15.1. The van der Waals surface area contributed by atoms with Gasteiger partial charge in [0.1, 0.15) is 11.2 Å². The fourth-order valence-electron chi connectivity index (χ4n) is 8.18. The highest BCUT2D eigenvalue weighted by Gasteiger charge is 2.21. The van der Waals surface area contributed by atoms with Crippen molar-refractivity contribution in [1.82, 2.24) is 0 Å². The second-order valence-electron chi connectivity index (χ2n) is 13.7. The molecule has 0 spiro atoms. The molecule has 0 aliphatic rings. The van der Waals surface area contributed by atoms with E-state index in [4.69, 9.17) is 4.42 Å². The van der Waals surface area contributed by atoms with Gasteiger partial charge in [0.2, 0.25) is 0 Å². The van der Waals surface area contributed by atoms with E-state index in [1.807, 2.05) is 17.4 Å². The Morgan fingerprint density at radius 2 is 1.08 bits per heavy atom. The van der Waals surface area contributed by atoms with Crippen molar-refractivity contribution in [3.63, 3.8) is 0 Å². The van der Waals surface area contributed by atoms with Crippen molar-refractivity contribution >= 4 is 92.1 Å². The van der Waals surface area contributed by atoms with E-state index in [1.165, 1.54) is 64.0 Å². The summed E-state index contributed by atoms with van der Waals surface area (Å²) in [5.74, 6) is 0. The summed E-state index contributed by atoms with van der Waals surface area (Å²) in [5, 5.41) is 9.86. The van der Waals surface area contributed by atoms with E-state index in [9.17, 15) is 0 Å². The molecule has 0 radical (unpaired) electrons. The molecule has 0 saturated carbocycles. The molecule has 11 rings (SSSR count). The van der Waals surface area contributed by atoms with Crippen molar-refractivity contribution in [3.05, 3.63) is 188 Å². The number of hydrogen-bond donors (Lipinski definition) is 0. The van der Waals surface area contributed by atoms with Gasteiger partial charge >= 0.3 is 0 Å². The Balaban J connectivity index is 1.13. The van der Waals surface area contributed by atoms with Gasteiger partial charge in [-0.2, -0.15) is 0 Å². The average molecular weight is 694 g/mol. The smallest absolute Gasteiger partial charge is 0.137 e. The number of furan rings is 1. The van der Waals surface area contributed by atoms with Gasteiger partial charge in [-0.25, -0.2) is 0 Å². The number of nitrogens with zero attached hydrogens (tertiary/aromatic N) is 1. The molecule has 3 heteroatoms. The Morgan fingerprint density at radius 1 is 0.377 bits per heavy atom. The maximum Gasteiger partial charge on any atom is 0.137 e. The summed E-state index contributed by atoms with van der Waals surface area (Å²) in [7, 11) is 0. The Labute approximate surface area is 310 Å². The number of thiophene rings is 1. The first-order chi connectivity index (χ1) is 26.3. The molecule has 2 nitrogen and oxygen atoms in total. The van der Waals surface area contributed by atoms with E-state index in [-0.39, 0.29) is 0 Å². The zero-order chi connectivity index (χ0) is 34.9. The van der Waals surface area contributed by atoms with Crippen molar-refractivity contribution in [3.8, 4) is 22.3 Å². The molecule has 0 amide bonds. The lowest BCUT2D eigenvalue weighted by Gasteiger charge is -2.26. The van der Waals surface area contributed by atoms with Crippen LogP contribution in [0.15, 0.2) is 192 Å². The van der Waals surface area contributed by atoms with Crippen LogP contribution in [-0.2, 0) is 0 Å². The van der Waals surface area contributed by atoms with E-state index in [0.29, 0.717) is 0 Å². The standard InChI is InChI=1S/C50H31NOS/c1-2-10-32(11-3-1)33-22-25-37(26-23-33)51(44-16-9-18-46-50(44)42-14-6-7-17-45(42)52-46)38-27-29-47-43(31-38)49-41(15-8-19-48(49)53-47)36-24-28-40-35(30-36)21-20-34-12-4-5-13-39(34)40/h1-31H. The molecule has 0 atom stereocenters. The van der Waals surface area contributed by atoms with Crippen LogP contribution < -0.4 is 4.90 Å². The molecule has 11 aromatic rings. The quantitative estimate of drug-likeness (QED) is 0.167. The van der Waals surface area contributed by atoms with Crippen LogP contribution in [0, 0.1) is 0 Å². The largest absolute Gasteiger partial charge is 0.456 e. The summed E-state index contributed by atoms with van der Waals surface area (Å²) in [6, 6.07) is 68.0. The van der Waals surface area contributed by atoms with E-state index in [0.717, 1.165) is 39.0 Å². The Hall–Kier alpha value is -6.68. The molecule has 2 heterocycles. The monoisotopic (exact) mass is 693 g/mol. The van der Waals surface area contributed by atoms with Crippen LogP contribution >= 0.6 is 11.3 Å². The van der Waals surface area contributed by atoms with Crippen LogP contribution in [0.1, 0.15) is 0 Å². The van der Waals surface area contributed by atoms with E-state index in [2.05, 4.69) is 187 Å². The van der Waals surface area contributed by atoms with Crippen LogP contribution in [0.2, 0.25) is 0 Å². The van der Waals surface area contributed by atoms with Gasteiger partial charge in [-0.05, 0) is 104 Å². The lowest BCUT2D eigenvalue weighted by atomic mass is 9.95. The van der Waals surface area contributed by atoms with Gasteiger partial charge in [0.15, 0.2) is 0 Å². The Bertz CT molecular complexity index is 3170. The number of benzene rings is 9. The van der Waals surface area contributed by atoms with Crippen molar-refractivity contribution in [1.29, 1.82) is 0 Å². The van der Waals surface area contributed by atoms with Crippen LogP contribution in [0.25, 0.3) is 85.9 Å². The first kappa shape index (κ1) is 30.0. The van der Waals surface area contributed by atoms with Crippen LogP contribution in [0.4, 0.5) is 17.1 Å². The Morgan fingerprint density at radius 3 is 1.98 bits per heavy atom. The SMILES string of the molecule is c1ccc(-c2ccc(N(c3ccc4sc5cccc(-c6ccc7c(ccc8ccccc87)c6)c5c4c3)c3cccc4oc5ccccc5c34)cc2)cc1.